The van der Waals surface area contributed by atoms with Gasteiger partial charge in [-0.3, -0.25) is 0 Å². The first-order valence-corrected chi connectivity index (χ1v) is 5.51. The Bertz CT molecular complexity index is 282. The number of nitriles is 1. The fourth-order valence-electron chi connectivity index (χ4n) is 0.683. The molecule has 3 nitrogen and oxygen atoms in total. The van der Waals surface area contributed by atoms with Gasteiger partial charge in [0.2, 0.25) is 0 Å². The summed E-state index contributed by atoms with van der Waals surface area (Å²) < 4.78 is 0. The number of thioether (sulfide) groups is 1. The summed E-state index contributed by atoms with van der Waals surface area (Å²) in [5, 5.41) is 10.8. The molecule has 0 spiro atoms. The molecule has 0 amide bonds. The quantitative estimate of drug-likeness (QED) is 0.814. The molecule has 13 heavy (non-hydrogen) atoms. The molecule has 1 heterocycles. The van der Waals surface area contributed by atoms with Crippen molar-refractivity contribution >= 4 is 40.6 Å². The van der Waals surface area contributed by atoms with Gasteiger partial charge in [-0.2, -0.15) is 17.0 Å². The number of hydrogen-bond donors (Lipinski definition) is 1. The van der Waals surface area contributed by atoms with Crippen molar-refractivity contribution in [1.82, 2.24) is 4.98 Å². The van der Waals surface area contributed by atoms with Crippen molar-refractivity contribution in [1.29, 1.82) is 5.26 Å². The van der Waals surface area contributed by atoms with Crippen molar-refractivity contribution in [2.24, 2.45) is 0 Å². The van der Waals surface area contributed by atoms with Gasteiger partial charge in [0.1, 0.15) is 0 Å². The van der Waals surface area contributed by atoms with Crippen LogP contribution in [0.15, 0.2) is 5.38 Å². The van der Waals surface area contributed by atoms with Crippen LogP contribution < -0.4 is 5.73 Å². The number of nitrogens with zero attached hydrogens (tertiary/aromatic N) is 2. The van der Waals surface area contributed by atoms with Crippen molar-refractivity contribution in [2.45, 2.75) is 12.2 Å². The third-order valence-corrected chi connectivity index (χ3v) is 2.89. The van der Waals surface area contributed by atoms with E-state index in [1.807, 2.05) is 5.38 Å². The highest BCUT2D eigenvalue weighted by Gasteiger charge is 1.97. The summed E-state index contributed by atoms with van der Waals surface area (Å²) in [5.74, 6) is 1.73. The highest BCUT2D eigenvalue weighted by Crippen LogP contribution is 2.16. The SMILES string of the molecule is Cl.N#CCCSCc1csc(N)n1. The molecule has 2 N–H and O–H groups in total. The van der Waals surface area contributed by atoms with Gasteiger partial charge in [0.05, 0.1) is 11.8 Å². The number of halogens is 1. The summed E-state index contributed by atoms with van der Waals surface area (Å²) >= 11 is 3.17. The first-order chi connectivity index (χ1) is 5.83. The molecule has 0 aliphatic rings. The van der Waals surface area contributed by atoms with Gasteiger partial charge in [0, 0.05) is 23.3 Å². The number of nitrogens with two attached hydrogens (primary N) is 1. The van der Waals surface area contributed by atoms with Crippen LogP contribution in [0.4, 0.5) is 5.13 Å². The number of anilines is 1. The molecule has 1 aromatic heterocycles. The molecule has 0 atom stereocenters. The number of thiazole rings is 1. The molecule has 0 saturated carbocycles. The minimum Gasteiger partial charge on any atom is -0.375 e. The molecule has 0 saturated heterocycles. The maximum Gasteiger partial charge on any atom is 0.180 e. The second-order valence-electron chi connectivity index (χ2n) is 2.14. The van der Waals surface area contributed by atoms with E-state index in [0.29, 0.717) is 11.6 Å². The molecule has 0 aliphatic carbocycles. The van der Waals surface area contributed by atoms with E-state index < -0.39 is 0 Å². The van der Waals surface area contributed by atoms with Crippen LogP contribution in [-0.4, -0.2) is 10.7 Å². The maximum absolute atomic E-state index is 8.27. The molecule has 6 heteroatoms. The van der Waals surface area contributed by atoms with E-state index in [1.165, 1.54) is 11.3 Å². The van der Waals surface area contributed by atoms with Crippen molar-refractivity contribution in [3.05, 3.63) is 11.1 Å². The molecule has 0 radical (unpaired) electrons. The van der Waals surface area contributed by atoms with E-state index >= 15 is 0 Å². The zero-order chi connectivity index (χ0) is 8.81. The number of nitrogen functional groups attached to an aromatic ring is 1. The topological polar surface area (TPSA) is 62.7 Å². The normalized spacial score (nSPS) is 8.85. The van der Waals surface area contributed by atoms with Crippen LogP contribution in [0.5, 0.6) is 0 Å². The Hall–Kier alpha value is -0.440. The van der Waals surface area contributed by atoms with E-state index in [1.54, 1.807) is 11.8 Å². The van der Waals surface area contributed by atoms with Crippen molar-refractivity contribution in [2.75, 3.05) is 11.5 Å². The zero-order valence-electron chi connectivity index (χ0n) is 6.90. The molecule has 0 unspecified atom stereocenters. The van der Waals surface area contributed by atoms with Crippen LogP contribution in [0, 0.1) is 11.3 Å². The molecule has 0 fully saturated rings. The Balaban J connectivity index is 0.00000144. The van der Waals surface area contributed by atoms with E-state index in [9.17, 15) is 0 Å². The summed E-state index contributed by atoms with van der Waals surface area (Å²) in [4.78, 5) is 4.10. The first kappa shape index (κ1) is 12.6. The first-order valence-electron chi connectivity index (χ1n) is 3.47. The van der Waals surface area contributed by atoms with Gasteiger partial charge >= 0.3 is 0 Å². The van der Waals surface area contributed by atoms with Crippen LogP contribution in [0.3, 0.4) is 0 Å². The van der Waals surface area contributed by atoms with E-state index in [2.05, 4.69) is 11.1 Å². The van der Waals surface area contributed by atoms with E-state index in [0.717, 1.165) is 17.2 Å². The molecule has 72 valence electrons. The number of aromatic nitrogens is 1. The van der Waals surface area contributed by atoms with Gasteiger partial charge in [0.15, 0.2) is 5.13 Å². The van der Waals surface area contributed by atoms with Gasteiger partial charge in [-0.25, -0.2) is 4.98 Å². The summed E-state index contributed by atoms with van der Waals surface area (Å²) in [5.41, 5.74) is 6.47. The summed E-state index contributed by atoms with van der Waals surface area (Å²) in [6, 6.07) is 2.10. The third-order valence-electron chi connectivity index (χ3n) is 1.18. The third kappa shape index (κ3) is 4.98. The predicted molar refractivity (Wildman–Crippen MR) is 60.2 cm³/mol. The van der Waals surface area contributed by atoms with Gasteiger partial charge < -0.3 is 5.73 Å². The Morgan fingerprint density at radius 1 is 1.69 bits per heavy atom. The molecule has 0 bridgehead atoms. The molecular formula is C7H10ClN3S2. The lowest BCUT2D eigenvalue weighted by molar-refractivity contribution is 1.21. The van der Waals surface area contributed by atoms with Crippen molar-refractivity contribution in [3.8, 4) is 6.07 Å². The molecule has 1 aromatic rings. The maximum atomic E-state index is 8.27. The molecule has 1 rings (SSSR count). The monoisotopic (exact) mass is 235 g/mol. The predicted octanol–water partition coefficient (Wildman–Crippen LogP) is 2.29. The highest BCUT2D eigenvalue weighted by molar-refractivity contribution is 7.98. The van der Waals surface area contributed by atoms with Gasteiger partial charge in [-0.15, -0.1) is 23.7 Å². The van der Waals surface area contributed by atoms with Crippen molar-refractivity contribution in [3.63, 3.8) is 0 Å². The fraction of sp³-hybridized carbons (Fsp3) is 0.429. The lowest BCUT2D eigenvalue weighted by Crippen LogP contribution is -1.85. The lowest BCUT2D eigenvalue weighted by Gasteiger charge is -1.92. The van der Waals surface area contributed by atoms with Crippen LogP contribution in [0.1, 0.15) is 12.1 Å². The fourth-order valence-corrected chi connectivity index (χ4v) is 2.09. The van der Waals surface area contributed by atoms with Crippen LogP contribution in [0.2, 0.25) is 0 Å². The van der Waals surface area contributed by atoms with Crippen LogP contribution >= 0.6 is 35.5 Å². The average Bonchev–Trinajstić information content (AvgIpc) is 2.45. The Kier molecular flexibility index (Phi) is 6.77. The largest absolute Gasteiger partial charge is 0.375 e. The molecular weight excluding hydrogens is 226 g/mol. The number of rotatable bonds is 4. The van der Waals surface area contributed by atoms with Crippen molar-refractivity contribution < 1.29 is 0 Å². The minimum atomic E-state index is 0. The summed E-state index contributed by atoms with van der Waals surface area (Å²) in [7, 11) is 0. The smallest absolute Gasteiger partial charge is 0.180 e. The second-order valence-corrected chi connectivity index (χ2v) is 4.13. The summed E-state index contributed by atoms with van der Waals surface area (Å²) in [6.45, 7) is 0. The minimum absolute atomic E-state index is 0. The number of hydrogen-bond acceptors (Lipinski definition) is 5. The van der Waals surface area contributed by atoms with E-state index in [-0.39, 0.29) is 12.4 Å². The van der Waals surface area contributed by atoms with E-state index in [4.69, 9.17) is 11.0 Å². The van der Waals surface area contributed by atoms with Crippen LogP contribution in [-0.2, 0) is 5.75 Å². The standard InChI is InChI=1S/C7H9N3S2.ClH/c8-2-1-3-11-4-6-5-12-7(9)10-6;/h5H,1,3-4H2,(H2,9,10);1H. The Morgan fingerprint density at radius 3 is 3.00 bits per heavy atom. The lowest BCUT2D eigenvalue weighted by atomic mass is 10.6. The Labute approximate surface area is 91.8 Å². The van der Waals surface area contributed by atoms with Gasteiger partial charge in [0.25, 0.3) is 0 Å². The summed E-state index contributed by atoms with van der Waals surface area (Å²) in [6.07, 6.45) is 0.601. The molecule has 0 aliphatic heterocycles. The highest BCUT2D eigenvalue weighted by atomic mass is 35.5. The average molecular weight is 236 g/mol. The van der Waals surface area contributed by atoms with Crippen LogP contribution in [0.25, 0.3) is 0 Å². The zero-order valence-corrected chi connectivity index (χ0v) is 9.34. The van der Waals surface area contributed by atoms with Gasteiger partial charge in [-0.1, -0.05) is 0 Å². The Morgan fingerprint density at radius 2 is 2.46 bits per heavy atom. The second kappa shape index (κ2) is 7.01. The van der Waals surface area contributed by atoms with Gasteiger partial charge in [-0.05, 0) is 0 Å². The molecule has 0 aromatic carbocycles.